The van der Waals surface area contributed by atoms with E-state index in [1.165, 1.54) is 0 Å². The predicted molar refractivity (Wildman–Crippen MR) is 99.5 cm³/mol. The maximum absolute atomic E-state index is 12.5. The second-order valence-corrected chi connectivity index (χ2v) is 6.60. The van der Waals surface area contributed by atoms with Gasteiger partial charge < -0.3 is 9.30 Å². The predicted octanol–water partition coefficient (Wildman–Crippen LogP) is 4.10. The van der Waals surface area contributed by atoms with E-state index in [4.69, 9.17) is 4.74 Å². The Kier molecular flexibility index (Phi) is 5.53. The molecule has 1 aromatic heterocycles. The summed E-state index contributed by atoms with van der Waals surface area (Å²) >= 11 is 0. The maximum Gasteiger partial charge on any atom is 0.355 e. The molecule has 0 amide bonds. The SMILES string of the molecule is CCOC(=O)c1c(-c2ccc(C(C)(C)C#N)cc2)c(C#N)c(CC)n1C. The highest BCUT2D eigenvalue weighted by molar-refractivity contribution is 5.98. The Morgan fingerprint density at radius 3 is 2.27 bits per heavy atom. The van der Waals surface area contributed by atoms with Gasteiger partial charge in [0.1, 0.15) is 11.8 Å². The lowest BCUT2D eigenvalue weighted by Crippen LogP contribution is -2.13. The summed E-state index contributed by atoms with van der Waals surface area (Å²) in [6.07, 6.45) is 0.630. The van der Waals surface area contributed by atoms with Gasteiger partial charge in [0.15, 0.2) is 0 Å². The van der Waals surface area contributed by atoms with E-state index in [9.17, 15) is 15.3 Å². The molecular formula is C21H23N3O2. The molecule has 0 aliphatic carbocycles. The fraction of sp³-hybridized carbons (Fsp3) is 0.381. The number of hydrogen-bond donors (Lipinski definition) is 0. The van der Waals surface area contributed by atoms with E-state index in [0.717, 1.165) is 16.8 Å². The molecule has 0 N–H and O–H groups in total. The third kappa shape index (κ3) is 3.21. The van der Waals surface area contributed by atoms with Crippen molar-refractivity contribution >= 4 is 5.97 Å². The third-order valence-corrected chi connectivity index (χ3v) is 4.61. The van der Waals surface area contributed by atoms with Crippen LogP contribution in [0.3, 0.4) is 0 Å². The van der Waals surface area contributed by atoms with Gasteiger partial charge in [-0.1, -0.05) is 31.2 Å². The zero-order valence-corrected chi connectivity index (χ0v) is 15.9. The smallest absolute Gasteiger partial charge is 0.355 e. The molecule has 0 saturated carbocycles. The first-order valence-electron chi connectivity index (χ1n) is 8.63. The average Bonchev–Trinajstić information content (AvgIpc) is 2.93. The van der Waals surface area contributed by atoms with Crippen LogP contribution in [0.1, 0.15) is 55.0 Å². The Bertz CT molecular complexity index is 907. The van der Waals surface area contributed by atoms with Gasteiger partial charge in [-0.15, -0.1) is 0 Å². The van der Waals surface area contributed by atoms with Crippen LogP contribution in [0.25, 0.3) is 11.1 Å². The van der Waals surface area contributed by atoms with Crippen molar-refractivity contribution < 1.29 is 9.53 Å². The minimum atomic E-state index is -0.605. The van der Waals surface area contributed by atoms with Crippen molar-refractivity contribution in [1.82, 2.24) is 4.57 Å². The summed E-state index contributed by atoms with van der Waals surface area (Å²) in [5.74, 6) is -0.442. The fourth-order valence-electron chi connectivity index (χ4n) is 3.11. The van der Waals surface area contributed by atoms with Crippen molar-refractivity contribution in [2.24, 2.45) is 7.05 Å². The molecule has 5 heteroatoms. The Morgan fingerprint density at radius 2 is 1.81 bits per heavy atom. The van der Waals surface area contributed by atoms with Gasteiger partial charge in [-0.2, -0.15) is 10.5 Å². The fourth-order valence-corrected chi connectivity index (χ4v) is 3.11. The molecule has 0 aliphatic heterocycles. The summed E-state index contributed by atoms with van der Waals surface area (Å²) in [5.41, 5.74) is 3.30. The monoisotopic (exact) mass is 349 g/mol. The van der Waals surface area contributed by atoms with Gasteiger partial charge in [0.2, 0.25) is 0 Å². The summed E-state index contributed by atoms with van der Waals surface area (Å²) in [7, 11) is 1.78. The highest BCUT2D eigenvalue weighted by Gasteiger charge is 2.27. The Morgan fingerprint density at radius 1 is 1.19 bits per heavy atom. The molecule has 0 radical (unpaired) electrons. The van der Waals surface area contributed by atoms with E-state index in [0.29, 0.717) is 23.2 Å². The average molecular weight is 349 g/mol. The van der Waals surface area contributed by atoms with Crippen molar-refractivity contribution in [3.63, 3.8) is 0 Å². The van der Waals surface area contributed by atoms with Crippen molar-refractivity contribution in [3.05, 3.63) is 46.8 Å². The summed E-state index contributed by atoms with van der Waals surface area (Å²) in [6, 6.07) is 12.0. The van der Waals surface area contributed by atoms with Gasteiger partial charge in [-0.3, -0.25) is 0 Å². The van der Waals surface area contributed by atoms with Crippen LogP contribution in [0.15, 0.2) is 24.3 Å². The van der Waals surface area contributed by atoms with Crippen LogP contribution in [-0.4, -0.2) is 17.1 Å². The van der Waals surface area contributed by atoms with Crippen LogP contribution in [0.5, 0.6) is 0 Å². The van der Waals surface area contributed by atoms with E-state index in [-0.39, 0.29) is 6.61 Å². The molecule has 5 nitrogen and oxygen atoms in total. The summed E-state index contributed by atoms with van der Waals surface area (Å²) in [4.78, 5) is 12.5. The molecule has 0 saturated heterocycles. The van der Waals surface area contributed by atoms with Crippen molar-refractivity contribution in [1.29, 1.82) is 10.5 Å². The van der Waals surface area contributed by atoms with Crippen LogP contribution in [-0.2, 0) is 23.6 Å². The van der Waals surface area contributed by atoms with Crippen LogP contribution in [0.2, 0.25) is 0 Å². The van der Waals surface area contributed by atoms with E-state index in [2.05, 4.69) is 12.1 Å². The highest BCUT2D eigenvalue weighted by atomic mass is 16.5. The molecule has 134 valence electrons. The molecule has 0 aliphatic rings. The standard InChI is InChI=1S/C21H23N3O2/c1-6-17-16(12-22)18(19(24(17)5)20(25)26-7-2)14-8-10-15(11-9-14)21(3,4)13-23/h8-11H,6-7H2,1-5H3. The minimum Gasteiger partial charge on any atom is -0.461 e. The number of benzene rings is 1. The highest BCUT2D eigenvalue weighted by Crippen LogP contribution is 2.34. The van der Waals surface area contributed by atoms with E-state index < -0.39 is 11.4 Å². The second-order valence-electron chi connectivity index (χ2n) is 6.60. The number of rotatable bonds is 5. The lowest BCUT2D eigenvalue weighted by molar-refractivity contribution is 0.0516. The number of aromatic nitrogens is 1. The van der Waals surface area contributed by atoms with Gasteiger partial charge in [-0.25, -0.2) is 4.79 Å². The first kappa shape index (κ1) is 19.3. The van der Waals surface area contributed by atoms with Crippen LogP contribution >= 0.6 is 0 Å². The summed E-state index contributed by atoms with van der Waals surface area (Å²) in [6.45, 7) is 7.68. The third-order valence-electron chi connectivity index (χ3n) is 4.61. The van der Waals surface area contributed by atoms with Gasteiger partial charge in [0.05, 0.1) is 23.7 Å². The molecule has 0 fully saturated rings. The maximum atomic E-state index is 12.5. The number of hydrogen-bond acceptors (Lipinski definition) is 4. The zero-order chi connectivity index (χ0) is 19.5. The topological polar surface area (TPSA) is 78.8 Å². The number of nitrogens with zero attached hydrogens (tertiary/aromatic N) is 3. The molecule has 1 heterocycles. The quantitative estimate of drug-likeness (QED) is 0.761. The van der Waals surface area contributed by atoms with Crippen molar-refractivity contribution in [2.75, 3.05) is 6.61 Å². The molecule has 0 bridgehead atoms. The normalized spacial score (nSPS) is 10.9. The van der Waals surface area contributed by atoms with E-state index in [1.807, 2.05) is 45.0 Å². The van der Waals surface area contributed by atoms with Gasteiger partial charge in [0, 0.05) is 18.3 Å². The Balaban J connectivity index is 2.71. The summed E-state index contributed by atoms with van der Waals surface area (Å²) < 4.78 is 6.96. The number of nitriles is 2. The van der Waals surface area contributed by atoms with Crippen molar-refractivity contribution in [2.45, 2.75) is 39.5 Å². The Labute approximate surface area is 154 Å². The molecule has 2 aromatic rings. The van der Waals surface area contributed by atoms with Crippen LogP contribution < -0.4 is 0 Å². The number of ether oxygens (including phenoxy) is 1. The van der Waals surface area contributed by atoms with Gasteiger partial charge in [-0.05, 0) is 38.3 Å². The minimum absolute atomic E-state index is 0.266. The van der Waals surface area contributed by atoms with E-state index in [1.54, 1.807) is 18.5 Å². The largest absolute Gasteiger partial charge is 0.461 e. The van der Waals surface area contributed by atoms with E-state index >= 15 is 0 Å². The first-order valence-corrected chi connectivity index (χ1v) is 8.63. The molecular weight excluding hydrogens is 326 g/mol. The van der Waals surface area contributed by atoms with Gasteiger partial charge in [0.25, 0.3) is 0 Å². The number of carbonyl (C=O) groups excluding carboxylic acids is 1. The van der Waals surface area contributed by atoms with Crippen LogP contribution in [0.4, 0.5) is 0 Å². The molecule has 26 heavy (non-hydrogen) atoms. The lowest BCUT2D eigenvalue weighted by Gasteiger charge is -2.16. The molecule has 1 aromatic carbocycles. The summed E-state index contributed by atoms with van der Waals surface area (Å²) in [5, 5.41) is 19.0. The van der Waals surface area contributed by atoms with Crippen molar-refractivity contribution in [3.8, 4) is 23.3 Å². The Hall–Kier alpha value is -3.05. The lowest BCUT2D eigenvalue weighted by atomic mass is 9.85. The first-order chi connectivity index (χ1) is 12.3. The molecule has 0 spiro atoms. The number of carbonyl (C=O) groups is 1. The molecule has 0 atom stereocenters. The second kappa shape index (κ2) is 7.45. The molecule has 2 rings (SSSR count). The zero-order valence-electron chi connectivity index (χ0n) is 15.9. The van der Waals surface area contributed by atoms with Gasteiger partial charge >= 0.3 is 5.97 Å². The number of esters is 1. The molecule has 0 unspecified atom stereocenters. The van der Waals surface area contributed by atoms with Crippen LogP contribution in [0, 0.1) is 22.7 Å².